The van der Waals surface area contributed by atoms with Crippen molar-refractivity contribution in [2.24, 2.45) is 0 Å². The van der Waals surface area contributed by atoms with E-state index in [-0.39, 0.29) is 5.82 Å². The molecule has 0 aliphatic carbocycles. The normalized spacial score (nSPS) is 10.3. The molecule has 0 saturated carbocycles. The van der Waals surface area contributed by atoms with Gasteiger partial charge in [-0.3, -0.25) is 4.68 Å². The Morgan fingerprint density at radius 2 is 2.26 bits per heavy atom. The van der Waals surface area contributed by atoms with Crippen LogP contribution in [0.5, 0.6) is 0 Å². The van der Waals surface area contributed by atoms with E-state index in [0.717, 1.165) is 25.1 Å². The first kappa shape index (κ1) is 13.2. The van der Waals surface area contributed by atoms with Crippen molar-refractivity contribution in [2.75, 3.05) is 6.54 Å². The summed E-state index contributed by atoms with van der Waals surface area (Å²) in [7, 11) is 0. The van der Waals surface area contributed by atoms with Crippen LogP contribution in [0.25, 0.3) is 0 Å². The highest BCUT2D eigenvalue weighted by Crippen LogP contribution is 2.08. The molecule has 2 aromatic rings. The average Bonchev–Trinajstić information content (AvgIpc) is 2.91. The number of benzene rings is 1. The molecule has 98 valence electrons. The minimum absolute atomic E-state index is 0.347. The van der Waals surface area contributed by atoms with Crippen LogP contribution in [0.1, 0.15) is 17.5 Å². The smallest absolute Gasteiger partial charge is 0.124 e. The molecule has 0 aliphatic heterocycles. The van der Waals surface area contributed by atoms with Crippen LogP contribution in [0.2, 0.25) is 0 Å². The van der Waals surface area contributed by atoms with Gasteiger partial charge in [-0.05, 0) is 36.7 Å². The number of halogens is 1. The molecule has 5 nitrogen and oxygen atoms in total. The van der Waals surface area contributed by atoms with Gasteiger partial charge in [0.25, 0.3) is 0 Å². The fourth-order valence-electron chi connectivity index (χ4n) is 1.77. The number of nitriles is 1. The summed E-state index contributed by atoms with van der Waals surface area (Å²) >= 11 is 0. The number of nitrogens with zero attached hydrogens (tertiary/aromatic N) is 4. The van der Waals surface area contributed by atoms with Crippen LogP contribution in [-0.2, 0) is 13.1 Å². The number of rotatable bonds is 6. The third-order valence-electron chi connectivity index (χ3n) is 2.63. The summed E-state index contributed by atoms with van der Waals surface area (Å²) in [5.74, 6) is -0.376. The summed E-state index contributed by atoms with van der Waals surface area (Å²) < 4.78 is 14.9. The first-order chi connectivity index (χ1) is 9.28. The lowest BCUT2D eigenvalue weighted by atomic mass is 10.1. The number of nitrogens with one attached hydrogen (secondary N) is 1. The third kappa shape index (κ3) is 4.16. The lowest BCUT2D eigenvalue weighted by molar-refractivity contribution is 0.529. The van der Waals surface area contributed by atoms with Crippen molar-refractivity contribution in [1.29, 1.82) is 5.26 Å². The summed E-state index contributed by atoms with van der Waals surface area (Å²) in [6.45, 7) is 2.13. The van der Waals surface area contributed by atoms with Crippen molar-refractivity contribution in [3.05, 3.63) is 47.5 Å². The highest BCUT2D eigenvalue weighted by atomic mass is 19.1. The zero-order valence-corrected chi connectivity index (χ0v) is 10.4. The van der Waals surface area contributed by atoms with Crippen LogP contribution in [0, 0.1) is 17.1 Å². The van der Waals surface area contributed by atoms with Gasteiger partial charge in [-0.2, -0.15) is 5.26 Å². The van der Waals surface area contributed by atoms with Crippen molar-refractivity contribution in [3.8, 4) is 6.07 Å². The Bertz CT molecular complexity index is 559. The maximum Gasteiger partial charge on any atom is 0.124 e. The number of hydrogen-bond donors (Lipinski definition) is 1. The fraction of sp³-hybridized carbons (Fsp3) is 0.308. The molecule has 2 rings (SSSR count). The molecule has 19 heavy (non-hydrogen) atoms. The van der Waals surface area contributed by atoms with Crippen molar-refractivity contribution >= 4 is 0 Å². The van der Waals surface area contributed by atoms with E-state index in [0.29, 0.717) is 12.1 Å². The van der Waals surface area contributed by atoms with E-state index in [1.54, 1.807) is 16.9 Å². The summed E-state index contributed by atoms with van der Waals surface area (Å²) in [6.07, 6.45) is 4.36. The molecule has 0 fully saturated rings. The third-order valence-corrected chi connectivity index (χ3v) is 2.63. The maximum absolute atomic E-state index is 13.2. The average molecular weight is 259 g/mol. The second-order valence-corrected chi connectivity index (χ2v) is 4.16. The van der Waals surface area contributed by atoms with E-state index in [1.165, 1.54) is 12.1 Å². The van der Waals surface area contributed by atoms with E-state index in [9.17, 15) is 4.39 Å². The molecule has 0 aliphatic rings. The molecule has 1 aromatic carbocycles. The molecule has 1 N–H and O–H groups in total. The second kappa shape index (κ2) is 6.61. The van der Waals surface area contributed by atoms with Crippen LogP contribution in [-0.4, -0.2) is 21.5 Å². The second-order valence-electron chi connectivity index (χ2n) is 4.16. The first-order valence-corrected chi connectivity index (χ1v) is 6.02. The Morgan fingerprint density at radius 1 is 1.37 bits per heavy atom. The van der Waals surface area contributed by atoms with E-state index in [4.69, 9.17) is 5.26 Å². The molecule has 0 amide bonds. The summed E-state index contributed by atoms with van der Waals surface area (Å²) in [6, 6.07) is 6.30. The molecule has 0 bridgehead atoms. The minimum atomic E-state index is -0.376. The molecular weight excluding hydrogens is 245 g/mol. The van der Waals surface area contributed by atoms with Gasteiger partial charge < -0.3 is 5.32 Å². The standard InChI is InChI=1S/C13H14FN5/c14-13-7-11(9-15)6-12(8-13)10-16-2-1-4-19-5-3-17-18-19/h3,5-8,16H,1-2,4,10H2. The molecular formula is C13H14FN5. The minimum Gasteiger partial charge on any atom is -0.313 e. The number of aromatic nitrogens is 3. The zero-order chi connectivity index (χ0) is 13.5. The highest BCUT2D eigenvalue weighted by Gasteiger charge is 2.00. The van der Waals surface area contributed by atoms with E-state index < -0.39 is 0 Å². The Morgan fingerprint density at radius 3 is 3.00 bits per heavy atom. The van der Waals surface area contributed by atoms with Crippen molar-refractivity contribution in [1.82, 2.24) is 20.3 Å². The van der Waals surface area contributed by atoms with Gasteiger partial charge in [0, 0.05) is 19.3 Å². The van der Waals surface area contributed by atoms with Gasteiger partial charge >= 0.3 is 0 Å². The maximum atomic E-state index is 13.2. The van der Waals surface area contributed by atoms with Gasteiger partial charge in [0.2, 0.25) is 0 Å². The predicted molar refractivity (Wildman–Crippen MR) is 67.5 cm³/mol. The monoisotopic (exact) mass is 259 g/mol. The van der Waals surface area contributed by atoms with Crippen LogP contribution in [0.4, 0.5) is 4.39 Å². The quantitative estimate of drug-likeness (QED) is 0.798. The zero-order valence-electron chi connectivity index (χ0n) is 10.4. The van der Waals surface area contributed by atoms with Gasteiger partial charge in [0.15, 0.2) is 0 Å². The lowest BCUT2D eigenvalue weighted by Crippen LogP contribution is -2.17. The summed E-state index contributed by atoms with van der Waals surface area (Å²) in [4.78, 5) is 0. The van der Waals surface area contributed by atoms with Crippen LogP contribution in [0.3, 0.4) is 0 Å². The molecule has 0 radical (unpaired) electrons. The van der Waals surface area contributed by atoms with Gasteiger partial charge in [-0.1, -0.05) is 5.21 Å². The topological polar surface area (TPSA) is 66.5 Å². The predicted octanol–water partition coefficient (Wildman–Crippen LogP) is 1.47. The van der Waals surface area contributed by atoms with E-state index >= 15 is 0 Å². The van der Waals surface area contributed by atoms with Crippen molar-refractivity contribution in [2.45, 2.75) is 19.5 Å². The molecule has 6 heteroatoms. The van der Waals surface area contributed by atoms with Gasteiger partial charge in [0.1, 0.15) is 5.82 Å². The number of aryl methyl sites for hydroxylation is 1. The summed E-state index contributed by atoms with van der Waals surface area (Å²) in [5.41, 5.74) is 1.12. The molecule has 0 atom stereocenters. The van der Waals surface area contributed by atoms with Crippen molar-refractivity contribution < 1.29 is 4.39 Å². The van der Waals surface area contributed by atoms with Crippen molar-refractivity contribution in [3.63, 3.8) is 0 Å². The number of hydrogen-bond acceptors (Lipinski definition) is 4. The Kier molecular flexibility index (Phi) is 4.59. The Labute approximate surface area is 110 Å². The molecule has 1 aromatic heterocycles. The molecule has 0 spiro atoms. The SMILES string of the molecule is N#Cc1cc(F)cc(CNCCCn2ccnn2)c1. The Balaban J connectivity index is 1.73. The van der Waals surface area contributed by atoms with Crippen LogP contribution < -0.4 is 5.32 Å². The molecule has 1 heterocycles. The molecule has 0 saturated heterocycles. The van der Waals surface area contributed by atoms with Gasteiger partial charge in [-0.25, -0.2) is 4.39 Å². The van der Waals surface area contributed by atoms with Crippen LogP contribution >= 0.6 is 0 Å². The van der Waals surface area contributed by atoms with Gasteiger partial charge in [-0.15, -0.1) is 5.10 Å². The van der Waals surface area contributed by atoms with E-state index in [2.05, 4.69) is 15.6 Å². The first-order valence-electron chi connectivity index (χ1n) is 6.02. The summed E-state index contributed by atoms with van der Waals surface area (Å²) in [5, 5.41) is 19.5. The van der Waals surface area contributed by atoms with Gasteiger partial charge in [0.05, 0.1) is 17.8 Å². The van der Waals surface area contributed by atoms with Crippen LogP contribution in [0.15, 0.2) is 30.6 Å². The highest BCUT2D eigenvalue weighted by molar-refractivity contribution is 5.33. The fourth-order valence-corrected chi connectivity index (χ4v) is 1.77. The Hall–Kier alpha value is -2.26. The van der Waals surface area contributed by atoms with E-state index in [1.807, 2.05) is 12.3 Å². The molecule has 0 unspecified atom stereocenters. The lowest BCUT2D eigenvalue weighted by Gasteiger charge is -2.05. The largest absolute Gasteiger partial charge is 0.313 e.